The van der Waals surface area contributed by atoms with Crippen molar-refractivity contribution in [1.29, 1.82) is 0 Å². The van der Waals surface area contributed by atoms with Gasteiger partial charge in [0, 0.05) is 10.6 Å². The van der Waals surface area contributed by atoms with Gasteiger partial charge in [-0.3, -0.25) is 4.79 Å². The van der Waals surface area contributed by atoms with Gasteiger partial charge in [-0.15, -0.1) is 0 Å². The molecule has 0 saturated heterocycles. The van der Waals surface area contributed by atoms with Gasteiger partial charge >= 0.3 is 5.97 Å². The molecular weight excluding hydrogens is 432 g/mol. The topological polar surface area (TPSA) is 90.1 Å². The van der Waals surface area contributed by atoms with Crippen LogP contribution >= 0.6 is 11.6 Å². The minimum absolute atomic E-state index is 0.186. The monoisotopic (exact) mass is 454 g/mol. The Balaban J connectivity index is 1.52. The molecule has 0 radical (unpaired) electrons. The standard InChI is InChI=1S/C24H23ClN2O5/c1-4-30-24(29)18-7-5-17(6-8-18)21-10-9-19(32-21)13-26-27-22(28)14-31-20-11-15(2)23(25)16(3)12-20/h5-13H,4,14H2,1-3H3,(H,27,28)/b26-13-. The zero-order chi connectivity index (χ0) is 23.1. The fourth-order valence-corrected chi connectivity index (χ4v) is 3.01. The number of nitrogens with zero attached hydrogens (tertiary/aromatic N) is 1. The highest BCUT2D eigenvalue weighted by molar-refractivity contribution is 6.32. The second kappa shape index (κ2) is 10.6. The first-order valence-electron chi connectivity index (χ1n) is 9.96. The van der Waals surface area contributed by atoms with E-state index in [9.17, 15) is 9.59 Å². The summed E-state index contributed by atoms with van der Waals surface area (Å²) >= 11 is 6.13. The molecule has 166 valence electrons. The number of rotatable bonds is 8. The van der Waals surface area contributed by atoms with Crippen LogP contribution in [0.1, 0.15) is 34.2 Å². The molecule has 0 saturated carbocycles. The normalized spacial score (nSPS) is 10.9. The van der Waals surface area contributed by atoms with Gasteiger partial charge in [0.05, 0.1) is 18.4 Å². The number of hydrazone groups is 1. The number of benzene rings is 2. The molecular formula is C24H23ClN2O5. The SMILES string of the molecule is CCOC(=O)c1ccc(-c2ccc(/C=N\NC(=O)COc3cc(C)c(Cl)c(C)c3)o2)cc1. The summed E-state index contributed by atoms with van der Waals surface area (Å²) in [5, 5.41) is 4.57. The van der Waals surface area contributed by atoms with Gasteiger partial charge in [-0.05, 0) is 68.3 Å². The zero-order valence-corrected chi connectivity index (χ0v) is 18.7. The predicted molar refractivity (Wildman–Crippen MR) is 122 cm³/mol. The largest absolute Gasteiger partial charge is 0.484 e. The lowest BCUT2D eigenvalue weighted by molar-refractivity contribution is -0.123. The Hall–Kier alpha value is -3.58. The summed E-state index contributed by atoms with van der Waals surface area (Å²) in [5.74, 6) is 0.845. The molecule has 1 heterocycles. The molecule has 3 rings (SSSR count). The number of hydrogen-bond acceptors (Lipinski definition) is 6. The van der Waals surface area contributed by atoms with Crippen LogP contribution in [0.4, 0.5) is 0 Å². The molecule has 0 aliphatic carbocycles. The van der Waals surface area contributed by atoms with Crippen molar-refractivity contribution in [2.24, 2.45) is 5.10 Å². The van der Waals surface area contributed by atoms with Gasteiger partial charge in [0.25, 0.3) is 5.91 Å². The van der Waals surface area contributed by atoms with Crippen LogP contribution in [0.2, 0.25) is 5.02 Å². The number of carbonyl (C=O) groups excluding carboxylic acids is 2. The molecule has 7 nitrogen and oxygen atoms in total. The first-order chi connectivity index (χ1) is 15.4. The minimum atomic E-state index is -0.409. The summed E-state index contributed by atoms with van der Waals surface area (Å²) in [4.78, 5) is 23.7. The lowest BCUT2D eigenvalue weighted by atomic mass is 10.1. The van der Waals surface area contributed by atoms with Gasteiger partial charge in [-0.2, -0.15) is 5.10 Å². The maximum atomic E-state index is 12.0. The third kappa shape index (κ3) is 5.98. The van der Waals surface area contributed by atoms with E-state index in [-0.39, 0.29) is 12.6 Å². The van der Waals surface area contributed by atoms with Crippen molar-refractivity contribution in [1.82, 2.24) is 5.43 Å². The summed E-state index contributed by atoms with van der Waals surface area (Å²) < 4.78 is 16.2. The minimum Gasteiger partial charge on any atom is -0.484 e. The number of furan rings is 1. The molecule has 32 heavy (non-hydrogen) atoms. The van der Waals surface area contributed by atoms with E-state index in [0.717, 1.165) is 16.7 Å². The number of esters is 1. The van der Waals surface area contributed by atoms with E-state index in [2.05, 4.69) is 10.5 Å². The summed E-state index contributed by atoms with van der Waals surface area (Å²) in [6.07, 6.45) is 1.39. The van der Waals surface area contributed by atoms with Gasteiger partial charge in [0.2, 0.25) is 0 Å². The van der Waals surface area contributed by atoms with E-state index in [4.69, 9.17) is 25.5 Å². The smallest absolute Gasteiger partial charge is 0.338 e. The number of amides is 1. The molecule has 3 aromatic rings. The van der Waals surface area contributed by atoms with Gasteiger partial charge in [0.1, 0.15) is 17.3 Å². The second-order valence-corrected chi connectivity index (χ2v) is 7.33. The zero-order valence-electron chi connectivity index (χ0n) is 18.0. The fraction of sp³-hybridized carbons (Fsp3) is 0.208. The van der Waals surface area contributed by atoms with Crippen LogP contribution in [0.3, 0.4) is 0 Å². The van der Waals surface area contributed by atoms with E-state index in [1.807, 2.05) is 13.8 Å². The number of aryl methyl sites for hydroxylation is 2. The Kier molecular flexibility index (Phi) is 7.68. The molecule has 2 aromatic carbocycles. The summed E-state index contributed by atoms with van der Waals surface area (Å²) in [6, 6.07) is 13.9. The highest BCUT2D eigenvalue weighted by Crippen LogP contribution is 2.26. The first kappa shape index (κ1) is 23.1. The summed E-state index contributed by atoms with van der Waals surface area (Å²) in [5.41, 5.74) is 5.41. The molecule has 0 atom stereocenters. The Bertz CT molecular complexity index is 1110. The van der Waals surface area contributed by atoms with Gasteiger partial charge in [0.15, 0.2) is 6.61 Å². The third-order valence-corrected chi connectivity index (χ3v) is 5.06. The Labute approximate surface area is 191 Å². The highest BCUT2D eigenvalue weighted by atomic mass is 35.5. The highest BCUT2D eigenvalue weighted by Gasteiger charge is 2.09. The molecule has 0 unspecified atom stereocenters. The number of carbonyl (C=O) groups is 2. The van der Waals surface area contributed by atoms with E-state index < -0.39 is 5.91 Å². The fourth-order valence-electron chi connectivity index (χ4n) is 2.90. The second-order valence-electron chi connectivity index (χ2n) is 6.95. The maximum Gasteiger partial charge on any atom is 0.338 e. The van der Waals surface area contributed by atoms with Crippen molar-refractivity contribution in [3.63, 3.8) is 0 Å². The third-order valence-electron chi connectivity index (χ3n) is 4.47. The van der Waals surface area contributed by atoms with Crippen molar-refractivity contribution < 1.29 is 23.5 Å². The molecule has 0 aliphatic heterocycles. The van der Waals surface area contributed by atoms with Gasteiger partial charge in [-0.1, -0.05) is 23.7 Å². The Morgan fingerprint density at radius 2 is 1.78 bits per heavy atom. The molecule has 0 spiro atoms. The van der Waals surface area contributed by atoms with Crippen molar-refractivity contribution in [2.45, 2.75) is 20.8 Å². The molecule has 8 heteroatoms. The first-order valence-corrected chi connectivity index (χ1v) is 10.3. The van der Waals surface area contributed by atoms with Crippen molar-refractivity contribution in [2.75, 3.05) is 13.2 Å². The quantitative estimate of drug-likeness (QED) is 0.296. The van der Waals surface area contributed by atoms with Crippen LogP contribution in [-0.4, -0.2) is 31.3 Å². The Morgan fingerprint density at radius 1 is 1.09 bits per heavy atom. The van der Waals surface area contributed by atoms with E-state index >= 15 is 0 Å². The molecule has 0 aliphatic rings. The number of hydrogen-bond donors (Lipinski definition) is 1. The van der Waals surface area contributed by atoms with Crippen LogP contribution in [0.25, 0.3) is 11.3 Å². The summed E-state index contributed by atoms with van der Waals surface area (Å²) in [7, 11) is 0. The van der Waals surface area contributed by atoms with Crippen LogP contribution in [0.15, 0.2) is 58.0 Å². The van der Waals surface area contributed by atoms with Crippen LogP contribution in [0, 0.1) is 13.8 Å². The molecule has 1 N–H and O–H groups in total. The average Bonchev–Trinajstić information content (AvgIpc) is 3.25. The van der Waals surface area contributed by atoms with E-state index in [1.54, 1.807) is 55.5 Å². The van der Waals surface area contributed by atoms with E-state index in [1.165, 1.54) is 6.21 Å². The van der Waals surface area contributed by atoms with E-state index in [0.29, 0.717) is 34.5 Å². The van der Waals surface area contributed by atoms with Crippen LogP contribution in [-0.2, 0) is 9.53 Å². The number of ether oxygens (including phenoxy) is 2. The maximum absolute atomic E-state index is 12.0. The average molecular weight is 455 g/mol. The predicted octanol–water partition coefficient (Wildman–Crippen LogP) is 4.92. The lowest BCUT2D eigenvalue weighted by Crippen LogP contribution is -2.24. The van der Waals surface area contributed by atoms with Gasteiger partial charge in [-0.25, -0.2) is 10.2 Å². The molecule has 0 fully saturated rings. The summed E-state index contributed by atoms with van der Waals surface area (Å²) in [6.45, 7) is 5.64. The Morgan fingerprint density at radius 3 is 2.44 bits per heavy atom. The van der Waals surface area contributed by atoms with Crippen molar-refractivity contribution in [3.05, 3.63) is 76.0 Å². The molecule has 0 bridgehead atoms. The lowest BCUT2D eigenvalue weighted by Gasteiger charge is -2.09. The van der Waals surface area contributed by atoms with Crippen LogP contribution in [0.5, 0.6) is 5.75 Å². The number of halogens is 1. The van der Waals surface area contributed by atoms with Crippen molar-refractivity contribution >= 4 is 29.7 Å². The van der Waals surface area contributed by atoms with Crippen LogP contribution < -0.4 is 10.2 Å². The van der Waals surface area contributed by atoms with Crippen molar-refractivity contribution in [3.8, 4) is 17.1 Å². The molecule has 1 aromatic heterocycles. The number of nitrogens with one attached hydrogen (secondary N) is 1. The van der Waals surface area contributed by atoms with Gasteiger partial charge < -0.3 is 13.9 Å². The molecule has 1 amide bonds.